The van der Waals surface area contributed by atoms with E-state index in [2.05, 4.69) is 51.1 Å². The lowest BCUT2D eigenvalue weighted by Crippen LogP contribution is -2.16. The topological polar surface area (TPSA) is 46.0 Å². The van der Waals surface area contributed by atoms with E-state index in [0.29, 0.717) is 11.8 Å². The average Bonchev–Trinajstić information content (AvgIpc) is 2.62. The number of rotatable bonds is 5. The van der Waals surface area contributed by atoms with Crippen LogP contribution >= 0.6 is 11.5 Å². The Hall–Kier alpha value is -0.480. The third kappa shape index (κ3) is 4.32. The van der Waals surface area contributed by atoms with E-state index in [9.17, 15) is 5.11 Å². The first-order valence-corrected chi connectivity index (χ1v) is 7.50. The van der Waals surface area contributed by atoms with Crippen LogP contribution in [0.2, 0.25) is 0 Å². The lowest BCUT2D eigenvalue weighted by atomic mass is 9.88. The summed E-state index contributed by atoms with van der Waals surface area (Å²) in [6, 6.07) is 0. The maximum absolute atomic E-state index is 10.4. The molecule has 104 valence electrons. The molecule has 4 heteroatoms. The molecule has 2 unspecified atom stereocenters. The van der Waals surface area contributed by atoms with Crippen LogP contribution in [-0.2, 0) is 5.41 Å². The quantitative estimate of drug-likeness (QED) is 0.881. The molecule has 0 aliphatic heterocycles. The second-order valence-corrected chi connectivity index (χ2v) is 7.51. The number of hydrogen-bond acceptors (Lipinski definition) is 4. The largest absolute Gasteiger partial charge is 0.387 e. The van der Waals surface area contributed by atoms with Crippen LogP contribution in [0.25, 0.3) is 0 Å². The molecule has 1 heterocycles. The van der Waals surface area contributed by atoms with Gasteiger partial charge in [-0.05, 0) is 36.2 Å². The molecular weight excluding hydrogens is 244 g/mol. The Balaban J connectivity index is 2.73. The Morgan fingerprint density at radius 1 is 1.17 bits per heavy atom. The highest BCUT2D eigenvalue weighted by Gasteiger charge is 2.27. The summed E-state index contributed by atoms with van der Waals surface area (Å²) in [5.41, 5.74) is 0.890. The van der Waals surface area contributed by atoms with Crippen LogP contribution in [0.4, 0.5) is 0 Å². The van der Waals surface area contributed by atoms with E-state index in [1.54, 1.807) is 0 Å². The summed E-state index contributed by atoms with van der Waals surface area (Å²) in [7, 11) is 0. The van der Waals surface area contributed by atoms with Gasteiger partial charge < -0.3 is 5.11 Å². The van der Waals surface area contributed by atoms with Gasteiger partial charge in [-0.2, -0.15) is 0 Å². The minimum atomic E-state index is -0.423. The summed E-state index contributed by atoms with van der Waals surface area (Å²) in [4.78, 5) is 0.943. The molecule has 18 heavy (non-hydrogen) atoms. The van der Waals surface area contributed by atoms with Crippen LogP contribution < -0.4 is 0 Å². The molecule has 3 nitrogen and oxygen atoms in total. The highest BCUT2D eigenvalue weighted by Crippen LogP contribution is 2.34. The molecule has 1 rings (SSSR count). The highest BCUT2D eigenvalue weighted by atomic mass is 32.1. The lowest BCUT2D eigenvalue weighted by molar-refractivity contribution is 0.143. The van der Waals surface area contributed by atoms with Gasteiger partial charge in [0, 0.05) is 5.41 Å². The predicted octanol–water partition coefficient (Wildman–Crippen LogP) is 3.94. The fraction of sp³-hybridized carbons (Fsp3) is 0.857. The first-order chi connectivity index (χ1) is 8.21. The number of aliphatic hydroxyl groups excluding tert-OH is 1. The van der Waals surface area contributed by atoms with E-state index in [0.717, 1.165) is 23.4 Å². The van der Waals surface area contributed by atoms with Gasteiger partial charge in [0.15, 0.2) is 0 Å². The van der Waals surface area contributed by atoms with Gasteiger partial charge in [0.25, 0.3) is 0 Å². The summed E-state index contributed by atoms with van der Waals surface area (Å²) < 4.78 is 4.01. The highest BCUT2D eigenvalue weighted by molar-refractivity contribution is 7.05. The van der Waals surface area contributed by atoms with E-state index >= 15 is 0 Å². The maximum Gasteiger partial charge on any atom is 0.0919 e. The smallest absolute Gasteiger partial charge is 0.0919 e. The third-order valence-electron chi connectivity index (χ3n) is 3.03. The number of nitrogens with zero attached hydrogens (tertiary/aromatic N) is 2. The van der Waals surface area contributed by atoms with Crippen molar-refractivity contribution in [3.63, 3.8) is 0 Å². The van der Waals surface area contributed by atoms with E-state index in [1.165, 1.54) is 11.5 Å². The van der Waals surface area contributed by atoms with Gasteiger partial charge in [-0.15, -0.1) is 5.10 Å². The SMILES string of the molecule is CC(C)CC(C)CC(O)c1snnc1C(C)(C)C. The van der Waals surface area contributed by atoms with Crippen molar-refractivity contribution < 1.29 is 5.11 Å². The van der Waals surface area contributed by atoms with Gasteiger partial charge in [0.2, 0.25) is 0 Å². The van der Waals surface area contributed by atoms with Crippen molar-refractivity contribution in [1.82, 2.24) is 9.59 Å². The third-order valence-corrected chi connectivity index (χ3v) is 3.85. The Bertz CT molecular complexity index is 368. The molecule has 0 aliphatic carbocycles. The monoisotopic (exact) mass is 270 g/mol. The molecule has 0 aliphatic rings. The molecule has 0 spiro atoms. The molecule has 0 amide bonds. The second kappa shape index (κ2) is 6.11. The molecule has 0 radical (unpaired) electrons. The van der Waals surface area contributed by atoms with Crippen molar-refractivity contribution in [2.75, 3.05) is 0 Å². The van der Waals surface area contributed by atoms with Gasteiger partial charge in [-0.3, -0.25) is 0 Å². The lowest BCUT2D eigenvalue weighted by Gasteiger charge is -2.21. The molecule has 1 aromatic heterocycles. The molecular formula is C14H26N2OS. The summed E-state index contributed by atoms with van der Waals surface area (Å²) in [6.07, 6.45) is 1.52. The Labute approximate surface area is 115 Å². The molecule has 0 aromatic carbocycles. The molecule has 1 aromatic rings. The van der Waals surface area contributed by atoms with E-state index in [1.807, 2.05) is 0 Å². The fourth-order valence-corrected chi connectivity index (χ4v) is 3.19. The van der Waals surface area contributed by atoms with Crippen molar-refractivity contribution in [2.24, 2.45) is 11.8 Å². The maximum atomic E-state index is 10.4. The first-order valence-electron chi connectivity index (χ1n) is 6.72. The van der Waals surface area contributed by atoms with Crippen molar-refractivity contribution in [3.05, 3.63) is 10.6 Å². The van der Waals surface area contributed by atoms with Crippen LogP contribution in [-0.4, -0.2) is 14.7 Å². The number of hydrogen-bond donors (Lipinski definition) is 1. The zero-order chi connectivity index (χ0) is 13.9. The predicted molar refractivity (Wildman–Crippen MR) is 76.8 cm³/mol. The zero-order valence-electron chi connectivity index (χ0n) is 12.4. The van der Waals surface area contributed by atoms with Crippen molar-refractivity contribution >= 4 is 11.5 Å². The van der Waals surface area contributed by atoms with Crippen molar-refractivity contribution in [2.45, 2.75) is 65.9 Å². The molecule has 0 saturated carbocycles. The standard InChI is InChI=1S/C14H26N2OS/c1-9(2)7-10(3)8-11(17)12-13(14(4,5)6)15-16-18-12/h9-11,17H,7-8H2,1-6H3. The van der Waals surface area contributed by atoms with Crippen molar-refractivity contribution in [3.8, 4) is 0 Å². The summed E-state index contributed by atoms with van der Waals surface area (Å²) in [6.45, 7) is 13.0. The summed E-state index contributed by atoms with van der Waals surface area (Å²) in [5, 5.41) is 14.6. The van der Waals surface area contributed by atoms with E-state index in [4.69, 9.17) is 0 Å². The Kier molecular flexibility index (Phi) is 5.29. The van der Waals surface area contributed by atoms with Crippen LogP contribution in [0.15, 0.2) is 0 Å². The first kappa shape index (κ1) is 15.6. The number of aliphatic hydroxyl groups is 1. The second-order valence-electron chi connectivity index (χ2n) is 6.72. The van der Waals surface area contributed by atoms with Gasteiger partial charge in [-0.25, -0.2) is 0 Å². The van der Waals surface area contributed by atoms with Gasteiger partial charge in [0.05, 0.1) is 16.7 Å². The minimum Gasteiger partial charge on any atom is -0.387 e. The van der Waals surface area contributed by atoms with Gasteiger partial charge in [-0.1, -0.05) is 46.0 Å². The van der Waals surface area contributed by atoms with Gasteiger partial charge >= 0.3 is 0 Å². The zero-order valence-corrected chi connectivity index (χ0v) is 13.2. The Morgan fingerprint density at radius 3 is 2.28 bits per heavy atom. The molecule has 1 N–H and O–H groups in total. The van der Waals surface area contributed by atoms with Crippen molar-refractivity contribution in [1.29, 1.82) is 0 Å². The Morgan fingerprint density at radius 2 is 1.78 bits per heavy atom. The number of aromatic nitrogens is 2. The summed E-state index contributed by atoms with van der Waals surface area (Å²) in [5.74, 6) is 1.20. The van der Waals surface area contributed by atoms with E-state index < -0.39 is 6.10 Å². The molecule has 0 bridgehead atoms. The van der Waals surface area contributed by atoms with Crippen LogP contribution in [0.3, 0.4) is 0 Å². The minimum absolute atomic E-state index is 0.0510. The normalized spacial score (nSPS) is 16.0. The van der Waals surface area contributed by atoms with Crippen LogP contribution in [0.1, 0.15) is 71.1 Å². The van der Waals surface area contributed by atoms with Crippen LogP contribution in [0, 0.1) is 11.8 Å². The molecule has 0 fully saturated rings. The van der Waals surface area contributed by atoms with Crippen LogP contribution in [0.5, 0.6) is 0 Å². The summed E-state index contributed by atoms with van der Waals surface area (Å²) >= 11 is 1.33. The molecule has 0 saturated heterocycles. The average molecular weight is 270 g/mol. The van der Waals surface area contributed by atoms with Gasteiger partial charge in [0.1, 0.15) is 0 Å². The van der Waals surface area contributed by atoms with E-state index in [-0.39, 0.29) is 5.41 Å². The molecule has 2 atom stereocenters. The fourth-order valence-electron chi connectivity index (χ4n) is 2.33.